The van der Waals surface area contributed by atoms with E-state index in [0.29, 0.717) is 12.2 Å². The lowest BCUT2D eigenvalue weighted by molar-refractivity contribution is -0.0866. The Morgan fingerprint density at radius 1 is 0.625 bits per heavy atom. The molecular weight excluding hydrogens is 511 g/mol. The van der Waals surface area contributed by atoms with Crippen LogP contribution in [-0.4, -0.2) is 28.4 Å². The van der Waals surface area contributed by atoms with Crippen LogP contribution >= 0.6 is 22.6 Å². The molecule has 0 aromatic carbocycles. The summed E-state index contributed by atoms with van der Waals surface area (Å²) in [4.78, 5) is 0. The first-order chi connectivity index (χ1) is 15.1. The van der Waals surface area contributed by atoms with Gasteiger partial charge in [0, 0.05) is 15.5 Å². The maximum atomic E-state index is 7.05. The number of rotatable bonds is 2. The normalized spacial score (nSPS) is 49.8. The van der Waals surface area contributed by atoms with Gasteiger partial charge in [-0.1, -0.05) is 77.8 Å². The number of fused-ring (bicyclic) bond motifs is 7. The van der Waals surface area contributed by atoms with Crippen LogP contribution in [0.25, 0.3) is 0 Å². The largest absolute Gasteiger partial charge is 0.322 e. The SMILES string of the molecule is C[Si](C)(C)C1CC2CCCCC2C2C1OP(Br)OC1C2C2CCCCC2CC1[Si](C)(C)C. The van der Waals surface area contributed by atoms with Crippen LogP contribution < -0.4 is 0 Å². The smallest absolute Gasteiger partial charge is 0.247 e. The van der Waals surface area contributed by atoms with E-state index in [0.717, 1.165) is 46.6 Å². The van der Waals surface area contributed by atoms with Gasteiger partial charge in [0.25, 0.3) is 0 Å². The Balaban J connectivity index is 1.62. The van der Waals surface area contributed by atoms with Gasteiger partial charge in [-0.15, -0.1) is 0 Å². The molecule has 6 heteroatoms. The molecule has 5 fully saturated rings. The van der Waals surface area contributed by atoms with Gasteiger partial charge in [-0.2, -0.15) is 0 Å². The highest BCUT2D eigenvalue weighted by Gasteiger charge is 2.61. The first kappa shape index (κ1) is 24.9. The Bertz CT molecular complexity index is 624. The number of hydrogen-bond acceptors (Lipinski definition) is 2. The van der Waals surface area contributed by atoms with Gasteiger partial charge in [0.2, 0.25) is 7.08 Å². The van der Waals surface area contributed by atoms with Gasteiger partial charge >= 0.3 is 0 Å². The van der Waals surface area contributed by atoms with Crippen molar-refractivity contribution < 1.29 is 9.05 Å². The molecule has 10 atom stereocenters. The molecule has 1 heterocycles. The zero-order valence-electron chi connectivity index (χ0n) is 21.5. The average molecular weight is 560 g/mol. The van der Waals surface area contributed by atoms with Crippen LogP contribution in [0.1, 0.15) is 64.2 Å². The molecule has 10 unspecified atom stereocenters. The molecule has 0 spiro atoms. The predicted molar refractivity (Wildman–Crippen MR) is 147 cm³/mol. The summed E-state index contributed by atoms with van der Waals surface area (Å²) in [5, 5.41) is 0. The molecule has 5 aliphatic rings. The zero-order valence-corrected chi connectivity index (χ0v) is 26.0. The van der Waals surface area contributed by atoms with Crippen molar-refractivity contribution in [3.63, 3.8) is 0 Å². The number of hydrogen-bond donors (Lipinski definition) is 0. The maximum absolute atomic E-state index is 7.05. The van der Waals surface area contributed by atoms with Gasteiger partial charge in [0.15, 0.2) is 0 Å². The minimum atomic E-state index is -1.33. The van der Waals surface area contributed by atoms with E-state index >= 15 is 0 Å². The standard InChI is InChI=1S/C26H48BrO2PSi2/c1-31(2,3)21-15-17-11-7-9-13-19(17)23-24-20-14-10-8-12-18(20)16-22(32(4,5)6)26(24)29-30(27)28-25(21)23/h17-26H,7-16H2,1-6H3. The van der Waals surface area contributed by atoms with Crippen LogP contribution in [0.3, 0.4) is 0 Å². The molecule has 0 bridgehead atoms. The summed E-state index contributed by atoms with van der Waals surface area (Å²) in [6, 6.07) is 0. The fourth-order valence-corrected chi connectivity index (χ4v) is 16.2. The Morgan fingerprint density at radius 3 is 1.38 bits per heavy atom. The Labute approximate surface area is 209 Å². The molecule has 0 amide bonds. The minimum Gasteiger partial charge on any atom is -0.322 e. The molecule has 32 heavy (non-hydrogen) atoms. The fourth-order valence-electron chi connectivity index (χ4n) is 9.22. The van der Waals surface area contributed by atoms with Crippen molar-refractivity contribution in [2.75, 3.05) is 0 Å². The molecule has 1 saturated heterocycles. The lowest BCUT2D eigenvalue weighted by Gasteiger charge is -2.59. The molecule has 0 radical (unpaired) electrons. The second kappa shape index (κ2) is 9.29. The van der Waals surface area contributed by atoms with Gasteiger partial charge in [-0.3, -0.25) is 0 Å². The molecular formula is C26H48BrO2PSi2. The van der Waals surface area contributed by atoms with Gasteiger partial charge < -0.3 is 9.05 Å². The summed E-state index contributed by atoms with van der Waals surface area (Å²) in [5.74, 6) is 5.22. The second-order valence-corrected chi connectivity index (χ2v) is 27.9. The summed E-state index contributed by atoms with van der Waals surface area (Å²) >= 11 is 3.98. The highest BCUT2D eigenvalue weighted by atomic mass is 79.9. The third-order valence-electron chi connectivity index (χ3n) is 10.7. The van der Waals surface area contributed by atoms with Crippen molar-refractivity contribution >= 4 is 38.7 Å². The van der Waals surface area contributed by atoms with E-state index in [4.69, 9.17) is 9.05 Å². The van der Waals surface area contributed by atoms with Gasteiger partial charge in [-0.25, -0.2) is 0 Å². The van der Waals surface area contributed by atoms with E-state index in [2.05, 4.69) is 54.8 Å². The fraction of sp³-hybridized carbons (Fsp3) is 1.00. The van der Waals surface area contributed by atoms with E-state index in [1.165, 1.54) is 64.2 Å². The van der Waals surface area contributed by atoms with Crippen molar-refractivity contribution in [2.45, 2.75) is 127 Å². The van der Waals surface area contributed by atoms with E-state index in [-0.39, 0.29) is 0 Å². The molecule has 184 valence electrons. The highest BCUT2D eigenvalue weighted by molar-refractivity contribution is 9.38. The average Bonchev–Trinajstić information content (AvgIpc) is 2.87. The van der Waals surface area contributed by atoms with Crippen LogP contribution in [0.5, 0.6) is 0 Å². The topological polar surface area (TPSA) is 18.5 Å². The summed E-state index contributed by atoms with van der Waals surface area (Å²) in [6.07, 6.45) is 15.5. The predicted octanol–water partition coefficient (Wildman–Crippen LogP) is 9.46. The van der Waals surface area contributed by atoms with Crippen molar-refractivity contribution in [1.29, 1.82) is 0 Å². The van der Waals surface area contributed by atoms with E-state index in [9.17, 15) is 0 Å². The molecule has 1 aliphatic heterocycles. The summed E-state index contributed by atoms with van der Waals surface area (Å²) in [7, 11) is -3.60. The summed E-state index contributed by atoms with van der Waals surface area (Å²) in [6.45, 7) is 15.7. The Morgan fingerprint density at radius 2 is 1.00 bits per heavy atom. The van der Waals surface area contributed by atoms with Crippen LogP contribution in [0, 0.1) is 35.5 Å². The monoisotopic (exact) mass is 558 g/mol. The van der Waals surface area contributed by atoms with Gasteiger partial charge in [0.1, 0.15) is 0 Å². The number of halogens is 1. The molecule has 4 saturated carbocycles. The van der Waals surface area contributed by atoms with Crippen molar-refractivity contribution in [3.05, 3.63) is 0 Å². The van der Waals surface area contributed by atoms with Crippen LogP contribution in [0.2, 0.25) is 50.4 Å². The lowest BCUT2D eigenvalue weighted by Crippen LogP contribution is -2.58. The van der Waals surface area contributed by atoms with Crippen molar-refractivity contribution in [1.82, 2.24) is 0 Å². The Kier molecular flexibility index (Phi) is 7.24. The van der Waals surface area contributed by atoms with Crippen molar-refractivity contribution in [2.24, 2.45) is 35.5 Å². The quantitative estimate of drug-likeness (QED) is 0.248. The zero-order chi connectivity index (χ0) is 22.8. The third-order valence-corrected chi connectivity index (χ3v) is 18.1. The first-order valence-electron chi connectivity index (χ1n) is 13.8. The molecule has 0 aromatic heterocycles. The minimum absolute atomic E-state index is 0.449. The van der Waals surface area contributed by atoms with Crippen molar-refractivity contribution in [3.8, 4) is 0 Å². The molecule has 4 aliphatic carbocycles. The van der Waals surface area contributed by atoms with E-state index in [1.54, 1.807) is 0 Å². The summed E-state index contributed by atoms with van der Waals surface area (Å²) < 4.78 is 14.1. The maximum Gasteiger partial charge on any atom is 0.247 e. The van der Waals surface area contributed by atoms with Crippen LogP contribution in [0.15, 0.2) is 0 Å². The van der Waals surface area contributed by atoms with Crippen LogP contribution in [0.4, 0.5) is 0 Å². The third kappa shape index (κ3) is 4.56. The lowest BCUT2D eigenvalue weighted by atomic mass is 9.53. The molecule has 5 rings (SSSR count). The first-order valence-corrected chi connectivity index (χ1v) is 24.2. The van der Waals surface area contributed by atoms with E-state index < -0.39 is 23.2 Å². The molecule has 0 N–H and O–H groups in total. The second-order valence-electron chi connectivity index (χ2n) is 14.3. The summed E-state index contributed by atoms with van der Waals surface area (Å²) in [5.41, 5.74) is 1.59. The highest BCUT2D eigenvalue weighted by Crippen LogP contribution is 2.68. The Hall–Kier alpha value is 1.26. The van der Waals surface area contributed by atoms with Crippen LogP contribution in [-0.2, 0) is 9.05 Å². The van der Waals surface area contributed by atoms with Gasteiger partial charge in [-0.05, 0) is 72.3 Å². The molecule has 2 nitrogen and oxygen atoms in total. The molecule has 0 aromatic rings. The van der Waals surface area contributed by atoms with Gasteiger partial charge in [0.05, 0.1) is 28.4 Å². The van der Waals surface area contributed by atoms with E-state index in [1.807, 2.05) is 0 Å².